The maximum Gasteiger partial charge on any atom is 0.134 e. The Morgan fingerprint density at radius 2 is 2.10 bits per heavy atom. The van der Waals surface area contributed by atoms with Gasteiger partial charge < -0.3 is 14.6 Å². The third-order valence-electron chi connectivity index (χ3n) is 3.27. The number of hydrogen-bond acceptors (Lipinski definition) is 5. The molecule has 2 aromatic heterocycles. The summed E-state index contributed by atoms with van der Waals surface area (Å²) >= 11 is 0. The van der Waals surface area contributed by atoms with Gasteiger partial charge in [0.05, 0.1) is 6.26 Å². The van der Waals surface area contributed by atoms with Gasteiger partial charge >= 0.3 is 0 Å². The van der Waals surface area contributed by atoms with Crippen LogP contribution in [-0.2, 0) is 6.54 Å². The fourth-order valence-electron chi connectivity index (χ4n) is 2.18. The molecule has 0 bridgehead atoms. The van der Waals surface area contributed by atoms with Gasteiger partial charge in [-0.3, -0.25) is 0 Å². The third-order valence-corrected chi connectivity index (χ3v) is 3.27. The third kappa shape index (κ3) is 2.30. The van der Waals surface area contributed by atoms with Crippen LogP contribution in [0, 0.1) is 0 Å². The number of hydrogen-bond donors (Lipinski definition) is 1. The number of benzene rings is 1. The SMILES string of the molecule is CNc1cc(N(C)Cc2coc3ccccc23)ncn1. The van der Waals surface area contributed by atoms with Crippen LogP contribution in [-0.4, -0.2) is 24.1 Å². The van der Waals surface area contributed by atoms with Crippen LogP contribution in [0.15, 0.2) is 47.3 Å². The number of nitrogens with zero attached hydrogens (tertiary/aromatic N) is 3. The lowest BCUT2D eigenvalue weighted by molar-refractivity contribution is 0.609. The van der Waals surface area contributed by atoms with Crippen molar-refractivity contribution in [2.45, 2.75) is 6.54 Å². The molecule has 0 unspecified atom stereocenters. The van der Waals surface area contributed by atoms with Crippen LogP contribution in [0.25, 0.3) is 11.0 Å². The van der Waals surface area contributed by atoms with E-state index in [0.29, 0.717) is 0 Å². The highest BCUT2D eigenvalue weighted by atomic mass is 16.3. The fourth-order valence-corrected chi connectivity index (χ4v) is 2.18. The van der Waals surface area contributed by atoms with Crippen molar-refractivity contribution in [2.75, 3.05) is 24.3 Å². The Morgan fingerprint density at radius 1 is 1.25 bits per heavy atom. The normalized spacial score (nSPS) is 10.7. The zero-order valence-electron chi connectivity index (χ0n) is 11.5. The molecule has 0 fully saturated rings. The molecule has 0 radical (unpaired) electrons. The minimum atomic E-state index is 0.733. The molecule has 0 amide bonds. The molecule has 20 heavy (non-hydrogen) atoms. The van der Waals surface area contributed by atoms with Crippen LogP contribution >= 0.6 is 0 Å². The summed E-state index contributed by atoms with van der Waals surface area (Å²) < 4.78 is 5.56. The zero-order chi connectivity index (χ0) is 13.9. The van der Waals surface area contributed by atoms with Gasteiger partial charge in [-0.25, -0.2) is 9.97 Å². The van der Waals surface area contributed by atoms with Crippen LogP contribution in [0.2, 0.25) is 0 Å². The Bertz CT molecular complexity index is 722. The van der Waals surface area contributed by atoms with Gasteiger partial charge in [-0.05, 0) is 6.07 Å². The standard InChI is InChI=1S/C15H16N4O/c1-16-14-7-15(18-10-17-14)19(2)8-11-9-20-13-6-4-3-5-12(11)13/h3-7,9-10H,8H2,1-2H3,(H,16,17,18). The lowest BCUT2D eigenvalue weighted by Crippen LogP contribution is -2.17. The lowest BCUT2D eigenvalue weighted by atomic mass is 10.2. The van der Waals surface area contributed by atoms with Crippen LogP contribution < -0.4 is 10.2 Å². The van der Waals surface area contributed by atoms with E-state index in [1.807, 2.05) is 38.4 Å². The van der Waals surface area contributed by atoms with Gasteiger partial charge in [-0.1, -0.05) is 18.2 Å². The minimum Gasteiger partial charge on any atom is -0.464 e. The quantitative estimate of drug-likeness (QED) is 0.788. The number of furan rings is 1. The molecule has 5 heteroatoms. The molecule has 0 aliphatic carbocycles. The molecule has 102 valence electrons. The first-order valence-electron chi connectivity index (χ1n) is 6.44. The van der Waals surface area contributed by atoms with Crippen LogP contribution in [0.1, 0.15) is 5.56 Å². The van der Waals surface area contributed by atoms with Gasteiger partial charge in [0.1, 0.15) is 23.5 Å². The monoisotopic (exact) mass is 268 g/mol. The van der Waals surface area contributed by atoms with E-state index >= 15 is 0 Å². The van der Waals surface area contributed by atoms with Gasteiger partial charge in [0, 0.05) is 37.7 Å². The van der Waals surface area contributed by atoms with Crippen LogP contribution in [0.5, 0.6) is 0 Å². The molecular weight excluding hydrogens is 252 g/mol. The topological polar surface area (TPSA) is 54.2 Å². The molecule has 0 atom stereocenters. The zero-order valence-corrected chi connectivity index (χ0v) is 11.5. The van der Waals surface area contributed by atoms with Gasteiger partial charge in [-0.2, -0.15) is 0 Å². The van der Waals surface area contributed by atoms with Crippen molar-refractivity contribution in [3.63, 3.8) is 0 Å². The van der Waals surface area contributed by atoms with Crippen LogP contribution in [0.3, 0.4) is 0 Å². The average Bonchev–Trinajstić information content (AvgIpc) is 2.90. The number of nitrogens with one attached hydrogen (secondary N) is 1. The summed E-state index contributed by atoms with van der Waals surface area (Å²) in [5.74, 6) is 1.67. The Morgan fingerprint density at radius 3 is 2.95 bits per heavy atom. The molecule has 0 aliphatic rings. The van der Waals surface area contributed by atoms with Crippen molar-refractivity contribution in [3.8, 4) is 0 Å². The summed E-state index contributed by atoms with van der Waals surface area (Å²) in [6.07, 6.45) is 3.37. The van der Waals surface area contributed by atoms with Crippen molar-refractivity contribution in [2.24, 2.45) is 0 Å². The minimum absolute atomic E-state index is 0.733. The van der Waals surface area contributed by atoms with Gasteiger partial charge in [-0.15, -0.1) is 0 Å². The van der Waals surface area contributed by atoms with Gasteiger partial charge in [0.15, 0.2) is 0 Å². The van der Waals surface area contributed by atoms with Crippen molar-refractivity contribution in [1.29, 1.82) is 0 Å². The molecule has 0 saturated heterocycles. The Hall–Kier alpha value is -2.56. The van der Waals surface area contributed by atoms with Crippen molar-refractivity contribution < 1.29 is 4.42 Å². The maximum atomic E-state index is 5.56. The number of fused-ring (bicyclic) bond motifs is 1. The highest BCUT2D eigenvalue weighted by Gasteiger charge is 2.09. The summed E-state index contributed by atoms with van der Waals surface area (Å²) in [4.78, 5) is 10.5. The number of anilines is 2. The van der Waals surface area contributed by atoms with Gasteiger partial charge in [0.25, 0.3) is 0 Å². The first-order valence-corrected chi connectivity index (χ1v) is 6.44. The highest BCUT2D eigenvalue weighted by molar-refractivity contribution is 5.81. The predicted molar refractivity (Wildman–Crippen MR) is 79.9 cm³/mol. The summed E-state index contributed by atoms with van der Waals surface area (Å²) in [5, 5.41) is 4.16. The highest BCUT2D eigenvalue weighted by Crippen LogP contribution is 2.23. The lowest BCUT2D eigenvalue weighted by Gasteiger charge is -2.17. The average molecular weight is 268 g/mol. The molecule has 1 aromatic carbocycles. The second-order valence-corrected chi connectivity index (χ2v) is 4.62. The summed E-state index contributed by atoms with van der Waals surface area (Å²) in [6, 6.07) is 9.96. The number of aromatic nitrogens is 2. The number of para-hydroxylation sites is 1. The second kappa shape index (κ2) is 5.21. The smallest absolute Gasteiger partial charge is 0.134 e. The van der Waals surface area contributed by atoms with Crippen LogP contribution in [0.4, 0.5) is 11.6 Å². The molecule has 0 aliphatic heterocycles. The Balaban J connectivity index is 1.86. The predicted octanol–water partition coefficient (Wildman–Crippen LogP) is 2.90. The molecule has 3 rings (SSSR count). The molecule has 0 saturated carbocycles. The summed E-state index contributed by atoms with van der Waals surface area (Å²) in [7, 11) is 3.85. The Labute approximate surface area is 117 Å². The molecule has 3 aromatic rings. The molecule has 1 N–H and O–H groups in total. The van der Waals surface area contributed by atoms with E-state index in [9.17, 15) is 0 Å². The summed E-state index contributed by atoms with van der Waals surface area (Å²) in [5.41, 5.74) is 2.06. The van der Waals surface area contributed by atoms with Crippen molar-refractivity contribution >= 4 is 22.6 Å². The van der Waals surface area contributed by atoms with E-state index in [4.69, 9.17) is 4.42 Å². The molecule has 2 heterocycles. The second-order valence-electron chi connectivity index (χ2n) is 4.62. The van der Waals surface area contributed by atoms with Gasteiger partial charge in [0.2, 0.25) is 0 Å². The largest absolute Gasteiger partial charge is 0.464 e. The first kappa shape index (κ1) is 12.5. The number of rotatable bonds is 4. The van der Waals surface area contributed by atoms with E-state index in [1.54, 1.807) is 12.6 Å². The fraction of sp³-hybridized carbons (Fsp3) is 0.200. The van der Waals surface area contributed by atoms with E-state index in [0.717, 1.165) is 34.7 Å². The molecule has 5 nitrogen and oxygen atoms in total. The maximum absolute atomic E-state index is 5.56. The van der Waals surface area contributed by atoms with E-state index < -0.39 is 0 Å². The summed E-state index contributed by atoms with van der Waals surface area (Å²) in [6.45, 7) is 0.733. The molecular formula is C15H16N4O. The van der Waals surface area contributed by atoms with Crippen molar-refractivity contribution in [3.05, 3.63) is 48.5 Å². The first-order chi connectivity index (χ1) is 9.78. The molecule has 0 spiro atoms. The van der Waals surface area contributed by atoms with E-state index in [-0.39, 0.29) is 0 Å². The Kier molecular flexibility index (Phi) is 3.25. The van der Waals surface area contributed by atoms with E-state index in [1.165, 1.54) is 0 Å². The van der Waals surface area contributed by atoms with Crippen molar-refractivity contribution in [1.82, 2.24) is 9.97 Å². The van der Waals surface area contributed by atoms with E-state index in [2.05, 4.69) is 26.3 Å².